The number of aromatic hydroxyl groups is 3. The molecule has 3 aromatic rings. The van der Waals surface area contributed by atoms with Crippen molar-refractivity contribution in [3.63, 3.8) is 0 Å². The highest BCUT2D eigenvalue weighted by molar-refractivity contribution is 7.45. The van der Waals surface area contributed by atoms with Gasteiger partial charge in [-0.15, -0.1) is 0 Å². The van der Waals surface area contributed by atoms with Gasteiger partial charge in [0.2, 0.25) is 0 Å². The second kappa shape index (κ2) is 8.03. The lowest BCUT2D eigenvalue weighted by molar-refractivity contribution is 0.275. The molecule has 0 bridgehead atoms. The first kappa shape index (κ1) is 19.5. The predicted octanol–water partition coefficient (Wildman–Crippen LogP) is 3.21. The van der Waals surface area contributed by atoms with Crippen LogP contribution in [0.15, 0.2) is 66.7 Å². The molecular weight excluding hydrogens is 359 g/mol. The number of hydrogen-bond acceptors (Lipinski definition) is 4. The van der Waals surface area contributed by atoms with Crippen molar-refractivity contribution in [3.8, 4) is 39.5 Å². The minimum Gasteiger partial charge on any atom is -0.507 e. The summed E-state index contributed by atoms with van der Waals surface area (Å²) in [7, 11) is -4.64. The Balaban J connectivity index is 0.000000431. The SMILES string of the molecule is O=P(O)(O)O.Oc1cc(O)c(-c2ccccc2)c(O)c1-c1ccccc1. The van der Waals surface area contributed by atoms with E-state index in [1.165, 1.54) is 6.07 Å². The van der Waals surface area contributed by atoms with Crippen molar-refractivity contribution in [2.24, 2.45) is 0 Å². The standard InChI is InChI=1S/C18H14O3.H3O4P/c19-14-11-15(20)17(13-9-5-2-6-10-13)18(21)16(14)12-7-3-1-4-8-12;1-5(2,3)4/h1-11,19-21H;(H3,1,2,3,4). The summed E-state index contributed by atoms with van der Waals surface area (Å²) in [6, 6.07) is 19.4. The van der Waals surface area contributed by atoms with Crippen LogP contribution in [0.25, 0.3) is 22.3 Å². The van der Waals surface area contributed by atoms with Crippen LogP contribution in [0.2, 0.25) is 0 Å². The normalized spacial score (nSPS) is 10.7. The Hall–Kier alpha value is -2.83. The van der Waals surface area contributed by atoms with E-state index in [0.29, 0.717) is 22.3 Å². The van der Waals surface area contributed by atoms with Crippen molar-refractivity contribution in [2.75, 3.05) is 0 Å². The van der Waals surface area contributed by atoms with Crippen LogP contribution >= 0.6 is 7.82 Å². The Morgan fingerprint density at radius 3 is 1.23 bits per heavy atom. The summed E-state index contributed by atoms with van der Waals surface area (Å²) in [5.74, 6) is -0.448. The second-order valence-corrected chi connectivity index (χ2v) is 6.29. The number of benzene rings is 3. The molecule has 0 amide bonds. The van der Waals surface area contributed by atoms with E-state index >= 15 is 0 Å². The van der Waals surface area contributed by atoms with Gasteiger partial charge in [0.05, 0.1) is 11.1 Å². The van der Waals surface area contributed by atoms with Gasteiger partial charge in [0.1, 0.15) is 17.2 Å². The average Bonchev–Trinajstić information content (AvgIpc) is 2.55. The molecule has 3 rings (SSSR count). The lowest BCUT2D eigenvalue weighted by atomic mass is 9.95. The largest absolute Gasteiger partial charge is 0.507 e. The van der Waals surface area contributed by atoms with Gasteiger partial charge in [-0.3, -0.25) is 0 Å². The van der Waals surface area contributed by atoms with Crippen molar-refractivity contribution in [3.05, 3.63) is 66.7 Å². The first-order valence-electron chi connectivity index (χ1n) is 7.35. The summed E-state index contributed by atoms with van der Waals surface area (Å²) in [4.78, 5) is 21.6. The van der Waals surface area contributed by atoms with E-state index in [1.54, 1.807) is 24.3 Å². The zero-order chi connectivity index (χ0) is 19.3. The zero-order valence-electron chi connectivity index (χ0n) is 13.4. The van der Waals surface area contributed by atoms with Crippen molar-refractivity contribution in [1.82, 2.24) is 0 Å². The smallest absolute Gasteiger partial charge is 0.466 e. The molecule has 0 radical (unpaired) electrons. The summed E-state index contributed by atoms with van der Waals surface area (Å²) in [5.41, 5.74) is 1.99. The fourth-order valence-electron chi connectivity index (χ4n) is 2.42. The van der Waals surface area contributed by atoms with Crippen molar-refractivity contribution >= 4 is 7.82 Å². The molecule has 0 saturated carbocycles. The van der Waals surface area contributed by atoms with Gasteiger partial charge in [0.15, 0.2) is 0 Å². The molecule has 0 fully saturated rings. The molecular formula is C18H17O7P. The molecule has 0 atom stereocenters. The van der Waals surface area contributed by atoms with Crippen molar-refractivity contribution in [2.45, 2.75) is 0 Å². The number of phenolic OH excluding ortho intramolecular Hbond substituents is 3. The molecule has 0 aliphatic heterocycles. The highest BCUT2D eigenvalue weighted by atomic mass is 31.2. The lowest BCUT2D eigenvalue weighted by Gasteiger charge is -2.14. The molecule has 0 aliphatic rings. The van der Waals surface area contributed by atoms with Gasteiger partial charge in [-0.25, -0.2) is 4.57 Å². The minimum atomic E-state index is -4.64. The van der Waals surface area contributed by atoms with Crippen LogP contribution in [0, 0.1) is 0 Å². The summed E-state index contributed by atoms with van der Waals surface area (Å²) in [6.45, 7) is 0. The van der Waals surface area contributed by atoms with Crippen molar-refractivity contribution in [1.29, 1.82) is 0 Å². The molecule has 0 unspecified atom stereocenters. The van der Waals surface area contributed by atoms with Gasteiger partial charge in [0, 0.05) is 6.07 Å². The van der Waals surface area contributed by atoms with Crippen LogP contribution in [-0.4, -0.2) is 30.0 Å². The molecule has 8 heteroatoms. The average molecular weight is 376 g/mol. The van der Waals surface area contributed by atoms with Crippen LogP contribution in [0.5, 0.6) is 17.2 Å². The summed E-state index contributed by atoms with van der Waals surface area (Å²) >= 11 is 0. The minimum absolute atomic E-state index is 0.134. The number of rotatable bonds is 2. The molecule has 26 heavy (non-hydrogen) atoms. The monoisotopic (exact) mass is 376 g/mol. The third kappa shape index (κ3) is 5.08. The first-order chi connectivity index (χ1) is 12.2. The molecule has 0 saturated heterocycles. The van der Waals surface area contributed by atoms with Gasteiger partial charge in [-0.05, 0) is 11.1 Å². The molecule has 7 nitrogen and oxygen atoms in total. The molecule has 3 aromatic carbocycles. The van der Waals surface area contributed by atoms with E-state index in [0.717, 1.165) is 0 Å². The maximum absolute atomic E-state index is 10.5. The highest BCUT2D eigenvalue weighted by Gasteiger charge is 2.19. The number of phenols is 3. The fraction of sp³-hybridized carbons (Fsp3) is 0. The van der Waals surface area contributed by atoms with Crippen LogP contribution in [0.4, 0.5) is 0 Å². The zero-order valence-corrected chi connectivity index (χ0v) is 14.3. The topological polar surface area (TPSA) is 138 Å². The maximum atomic E-state index is 10.5. The molecule has 0 aliphatic carbocycles. The molecule has 0 spiro atoms. The number of hydrogen-bond donors (Lipinski definition) is 6. The van der Waals surface area contributed by atoms with Crippen molar-refractivity contribution < 1.29 is 34.6 Å². The van der Waals surface area contributed by atoms with E-state index in [-0.39, 0.29) is 17.2 Å². The van der Waals surface area contributed by atoms with E-state index in [4.69, 9.17) is 19.2 Å². The highest BCUT2D eigenvalue weighted by Crippen LogP contribution is 2.48. The molecule has 0 aromatic heterocycles. The van der Waals surface area contributed by atoms with E-state index in [1.807, 2.05) is 36.4 Å². The van der Waals surface area contributed by atoms with Crippen LogP contribution < -0.4 is 0 Å². The van der Waals surface area contributed by atoms with Crippen LogP contribution in [-0.2, 0) is 4.57 Å². The first-order valence-corrected chi connectivity index (χ1v) is 8.92. The Morgan fingerprint density at radius 1 is 0.615 bits per heavy atom. The summed E-state index contributed by atoms with van der Waals surface area (Å²) in [6.07, 6.45) is 0. The number of phosphoric acid groups is 1. The Kier molecular flexibility index (Phi) is 6.02. The van der Waals surface area contributed by atoms with Crippen LogP contribution in [0.1, 0.15) is 0 Å². The van der Waals surface area contributed by atoms with Gasteiger partial charge in [0.25, 0.3) is 0 Å². The second-order valence-electron chi connectivity index (χ2n) is 5.26. The summed E-state index contributed by atoms with van der Waals surface area (Å²) in [5, 5.41) is 30.7. The van der Waals surface area contributed by atoms with Crippen LogP contribution in [0.3, 0.4) is 0 Å². The van der Waals surface area contributed by atoms with Gasteiger partial charge >= 0.3 is 7.82 Å². The molecule has 0 heterocycles. The molecule has 136 valence electrons. The Labute approximate surface area is 149 Å². The van der Waals surface area contributed by atoms with E-state index in [2.05, 4.69) is 0 Å². The quantitative estimate of drug-likeness (QED) is 0.378. The third-order valence-electron chi connectivity index (χ3n) is 3.38. The van der Waals surface area contributed by atoms with Gasteiger partial charge < -0.3 is 30.0 Å². The third-order valence-corrected chi connectivity index (χ3v) is 3.38. The fourth-order valence-corrected chi connectivity index (χ4v) is 2.42. The predicted molar refractivity (Wildman–Crippen MR) is 96.6 cm³/mol. The Morgan fingerprint density at radius 2 is 0.923 bits per heavy atom. The van der Waals surface area contributed by atoms with Gasteiger partial charge in [-0.1, -0.05) is 60.7 Å². The molecule has 6 N–H and O–H groups in total. The van der Waals surface area contributed by atoms with E-state index < -0.39 is 7.82 Å². The lowest BCUT2D eigenvalue weighted by Crippen LogP contribution is -1.86. The van der Waals surface area contributed by atoms with E-state index in [9.17, 15) is 15.3 Å². The Bertz CT molecular complexity index is 849. The van der Waals surface area contributed by atoms with Gasteiger partial charge in [-0.2, -0.15) is 0 Å². The summed E-state index contributed by atoms with van der Waals surface area (Å²) < 4.78 is 8.88. The maximum Gasteiger partial charge on any atom is 0.466 e.